The average Bonchev–Trinajstić information content (AvgIpc) is 3.20. The summed E-state index contributed by atoms with van der Waals surface area (Å²) >= 11 is 6.43. The Morgan fingerprint density at radius 1 is 1.03 bits per heavy atom. The van der Waals surface area contributed by atoms with E-state index in [0.717, 1.165) is 9.80 Å². The number of nitrogens with two attached hydrogens (primary N) is 2. The number of aliphatic hydroxyl groups excluding tert-OH is 3. The predicted octanol–water partition coefficient (Wildman–Crippen LogP) is -1.28. The third kappa shape index (κ3) is 12.7. The monoisotopic (exact) mass is 880 g/mol. The van der Waals surface area contributed by atoms with Crippen LogP contribution in [0.1, 0.15) is 72.3 Å². The molecule has 2 heterocycles. The number of carbonyl (C=O) groups is 7. The van der Waals surface area contributed by atoms with E-state index < -0.39 is 114 Å². The van der Waals surface area contributed by atoms with E-state index in [9.17, 15) is 48.9 Å². The number of halogens is 1. The van der Waals surface area contributed by atoms with Gasteiger partial charge in [0, 0.05) is 20.0 Å². The maximum atomic E-state index is 14.8. The largest absolute Gasteiger partial charge is 0.495 e. The van der Waals surface area contributed by atoms with Crippen LogP contribution in [0.5, 0.6) is 5.75 Å². The number of likely N-dealkylation sites (N-methyl/N-ethyl adjacent to an activating group) is 1. The Balaban J connectivity index is 2.26. The smallest absolute Gasteiger partial charge is 0.329 e. The minimum atomic E-state index is -2.09. The lowest BCUT2D eigenvalue weighted by Gasteiger charge is -2.44. The van der Waals surface area contributed by atoms with Crippen LogP contribution in [-0.2, 0) is 44.7 Å². The van der Waals surface area contributed by atoms with Gasteiger partial charge in [0.05, 0.1) is 18.7 Å². The van der Waals surface area contributed by atoms with Crippen LogP contribution in [-0.4, -0.2) is 148 Å². The van der Waals surface area contributed by atoms with Crippen molar-refractivity contribution in [3.8, 4) is 5.75 Å². The van der Waals surface area contributed by atoms with Gasteiger partial charge in [-0.15, -0.1) is 0 Å². The summed E-state index contributed by atoms with van der Waals surface area (Å²) in [5, 5.41) is 39.4. The molecule has 2 aliphatic heterocycles. The minimum absolute atomic E-state index is 0.0188. The number of hydrogen-bond donors (Lipinski definition) is 8. The molecule has 3 rings (SSSR count). The van der Waals surface area contributed by atoms with E-state index in [0.29, 0.717) is 17.7 Å². The number of aliphatic hydroxyl groups is 3. The fourth-order valence-electron chi connectivity index (χ4n) is 7.30. The lowest BCUT2D eigenvalue weighted by Crippen LogP contribution is -2.66. The highest BCUT2D eigenvalue weighted by molar-refractivity contribution is 6.32. The Labute approximate surface area is 360 Å². The van der Waals surface area contributed by atoms with E-state index in [1.807, 2.05) is 0 Å². The lowest BCUT2D eigenvalue weighted by atomic mass is 9.91. The standard InChI is InChI=1S/C40H61ClN8O12/c1-8-20(4)32-38(58)48(6)26(17-22-11-13-28(60-7)23(41)16-22)35(55)47-31(19(2)3)39(59)61-21(5)30(33(53)27(51)18-50)36(56)45-24(10-9-15-44-40(42)43)34(54)46-25-12-14-29(52)49(32)37(25)57/h11,13,16,19-21,24-27,29-32,50-52H,8-10,12,14-15,17-18H2,1-7H3,(H,45,56)(H,46,54)(H,47,55)(H4,42,43,44)/t20-,21+,24-,25-,26?,27+,29+,30?,31?,32-/m0/s1. The fraction of sp³-hybridized carbons (Fsp3) is 0.650. The zero-order valence-corrected chi connectivity index (χ0v) is 36.4. The SMILES string of the molecule is CC[C@H](C)[C@H]1C(=O)N(C)C(Cc2ccc(OC)c(Cl)c2)C(=O)NC(C(C)C)C(=O)O[C@H](C)C(C(=O)[C@H](O)CO)C(=O)N[C@@H](CCCN=C(N)N)C(=O)N[C@H]2CC[C@@H](O)N1C2=O. The minimum Gasteiger partial charge on any atom is -0.495 e. The van der Waals surface area contributed by atoms with Gasteiger partial charge in [0.1, 0.15) is 60.3 Å². The number of benzene rings is 1. The molecule has 2 bridgehead atoms. The quantitative estimate of drug-likeness (QED) is 0.0377. The second-order valence-electron chi connectivity index (χ2n) is 15.8. The van der Waals surface area contributed by atoms with Gasteiger partial charge < -0.3 is 62.0 Å². The molecule has 5 amide bonds. The molecule has 61 heavy (non-hydrogen) atoms. The number of nitrogens with zero attached hydrogens (tertiary/aromatic N) is 3. The molecular formula is C40H61ClN8O12. The number of aliphatic imine (C=N–C) groups is 1. The second-order valence-corrected chi connectivity index (χ2v) is 16.2. The van der Waals surface area contributed by atoms with E-state index in [1.165, 1.54) is 21.1 Å². The van der Waals surface area contributed by atoms with Gasteiger partial charge in [-0.1, -0.05) is 51.8 Å². The highest BCUT2D eigenvalue weighted by atomic mass is 35.5. The Morgan fingerprint density at radius 3 is 2.28 bits per heavy atom. The molecule has 0 aliphatic carbocycles. The first kappa shape index (κ1) is 50.3. The van der Waals surface area contributed by atoms with Gasteiger partial charge in [0.2, 0.25) is 29.5 Å². The maximum absolute atomic E-state index is 14.8. The van der Waals surface area contributed by atoms with Crippen LogP contribution in [0.3, 0.4) is 0 Å². The van der Waals surface area contributed by atoms with Crippen molar-refractivity contribution in [2.24, 2.45) is 34.2 Å². The number of amides is 5. The van der Waals surface area contributed by atoms with E-state index in [4.69, 9.17) is 32.5 Å². The summed E-state index contributed by atoms with van der Waals surface area (Å²) in [5.74, 6) is -9.88. The van der Waals surface area contributed by atoms with Crippen LogP contribution >= 0.6 is 11.6 Å². The molecule has 2 saturated heterocycles. The van der Waals surface area contributed by atoms with Crippen LogP contribution in [0, 0.1) is 17.8 Å². The van der Waals surface area contributed by atoms with Gasteiger partial charge in [-0.25, -0.2) is 4.79 Å². The number of cyclic esters (lactones) is 1. The Hall–Kier alpha value is -5.05. The average molecular weight is 881 g/mol. The van der Waals surface area contributed by atoms with Crippen LogP contribution in [0.15, 0.2) is 23.2 Å². The summed E-state index contributed by atoms with van der Waals surface area (Å²) in [5.41, 5.74) is 11.4. The first-order valence-electron chi connectivity index (χ1n) is 20.3. The van der Waals surface area contributed by atoms with Gasteiger partial charge in [0.15, 0.2) is 11.7 Å². The highest BCUT2D eigenvalue weighted by Crippen LogP contribution is 2.29. The molecule has 0 radical (unpaired) electrons. The van der Waals surface area contributed by atoms with Gasteiger partial charge in [0.25, 0.3) is 0 Å². The number of ketones is 1. The molecule has 21 heteroatoms. The first-order chi connectivity index (χ1) is 28.7. The van der Waals surface area contributed by atoms with Gasteiger partial charge in [-0.05, 0) is 62.1 Å². The number of fused-ring (bicyclic) bond motifs is 2. The third-order valence-electron chi connectivity index (χ3n) is 11.1. The lowest BCUT2D eigenvalue weighted by molar-refractivity contribution is -0.168. The third-order valence-corrected chi connectivity index (χ3v) is 11.4. The number of methoxy groups -OCH3 is 1. The van der Waals surface area contributed by atoms with Gasteiger partial charge in [-0.3, -0.25) is 33.8 Å². The van der Waals surface area contributed by atoms with E-state index >= 15 is 0 Å². The van der Waals surface area contributed by atoms with Crippen LogP contribution < -0.4 is 32.2 Å². The maximum Gasteiger partial charge on any atom is 0.329 e. The molecule has 20 nitrogen and oxygen atoms in total. The second kappa shape index (κ2) is 22.7. The summed E-state index contributed by atoms with van der Waals surface area (Å²) in [6, 6.07) is -2.17. The molecule has 340 valence electrons. The number of rotatable bonds is 13. The Kier molecular flexibility index (Phi) is 18.7. The van der Waals surface area contributed by atoms with Gasteiger partial charge in [-0.2, -0.15) is 0 Å². The Bertz CT molecular complexity index is 1790. The molecular weight excluding hydrogens is 820 g/mol. The van der Waals surface area contributed by atoms with Gasteiger partial charge >= 0.3 is 5.97 Å². The molecule has 0 spiro atoms. The molecule has 3 unspecified atom stereocenters. The van der Waals surface area contributed by atoms with Crippen molar-refractivity contribution in [2.75, 3.05) is 27.3 Å². The number of guanidine groups is 1. The summed E-state index contributed by atoms with van der Waals surface area (Å²) in [4.78, 5) is 105. The van der Waals surface area contributed by atoms with E-state index in [2.05, 4.69) is 20.9 Å². The number of nitrogens with one attached hydrogen (secondary N) is 3. The number of carbonyl (C=O) groups excluding carboxylic acids is 7. The van der Waals surface area contributed by atoms with Crippen molar-refractivity contribution in [2.45, 2.75) is 122 Å². The van der Waals surface area contributed by atoms with Crippen molar-refractivity contribution in [3.63, 3.8) is 0 Å². The summed E-state index contributed by atoms with van der Waals surface area (Å²) in [7, 11) is 2.78. The highest BCUT2D eigenvalue weighted by Gasteiger charge is 2.47. The summed E-state index contributed by atoms with van der Waals surface area (Å²) < 4.78 is 10.9. The summed E-state index contributed by atoms with van der Waals surface area (Å²) in [6.07, 6.45) is -5.18. The van der Waals surface area contributed by atoms with Crippen molar-refractivity contribution in [3.05, 3.63) is 28.8 Å². The molecule has 2 fully saturated rings. The van der Waals surface area contributed by atoms with Crippen LogP contribution in [0.2, 0.25) is 5.02 Å². The van der Waals surface area contributed by atoms with Crippen molar-refractivity contribution >= 4 is 58.8 Å². The molecule has 1 aromatic rings. The number of esters is 1. The number of ether oxygens (including phenoxy) is 2. The number of piperidine rings is 1. The van der Waals surface area contributed by atoms with Crippen LogP contribution in [0.25, 0.3) is 0 Å². The molecule has 0 saturated carbocycles. The Morgan fingerprint density at radius 2 is 1.70 bits per heavy atom. The number of hydrogen-bond acceptors (Lipinski definition) is 13. The predicted molar refractivity (Wildman–Crippen MR) is 221 cm³/mol. The van der Waals surface area contributed by atoms with E-state index in [1.54, 1.807) is 45.9 Å². The van der Waals surface area contributed by atoms with Crippen molar-refractivity contribution < 1.29 is 58.4 Å². The zero-order chi connectivity index (χ0) is 45.9. The topological polar surface area (TPSA) is 306 Å². The summed E-state index contributed by atoms with van der Waals surface area (Å²) in [6.45, 7) is 6.79. The van der Waals surface area contributed by atoms with E-state index in [-0.39, 0.29) is 49.6 Å². The van der Waals surface area contributed by atoms with Crippen molar-refractivity contribution in [1.82, 2.24) is 25.8 Å². The molecule has 0 aromatic heterocycles. The molecule has 10 N–H and O–H groups in total. The molecule has 10 atom stereocenters. The molecule has 2 aliphatic rings. The molecule has 1 aromatic carbocycles. The number of Topliss-reactive ketones (excluding diaryl/α,β-unsaturated/α-hetero) is 1. The first-order valence-corrected chi connectivity index (χ1v) is 20.6. The zero-order valence-electron chi connectivity index (χ0n) is 35.6. The van der Waals surface area contributed by atoms with Crippen LogP contribution in [0.4, 0.5) is 0 Å². The van der Waals surface area contributed by atoms with Crippen molar-refractivity contribution in [1.29, 1.82) is 0 Å². The normalized spacial score (nSPS) is 27.1. The fourth-order valence-corrected chi connectivity index (χ4v) is 7.58.